The minimum Gasteiger partial charge on any atom is -0.497 e. The molecule has 0 aliphatic carbocycles. The van der Waals surface area contributed by atoms with Gasteiger partial charge in [0, 0.05) is 11.0 Å². The molecule has 1 N–H and O–H groups in total. The largest absolute Gasteiger partial charge is 0.497 e. The third-order valence-electron chi connectivity index (χ3n) is 3.35. The maximum Gasteiger partial charge on any atom is 0.309 e. The van der Waals surface area contributed by atoms with Crippen LogP contribution in [0.3, 0.4) is 0 Å². The Kier molecular flexibility index (Phi) is 3.37. The number of benzene rings is 1. The molecule has 0 fully saturated rings. The molecule has 20 heavy (non-hydrogen) atoms. The SMILES string of the molecule is COc1ccc2c(c1)C(CC(C)(C)C(=O)O)=CS2(=O)=O. The van der Waals surface area contributed by atoms with Crippen molar-refractivity contribution in [1.82, 2.24) is 0 Å². The molecule has 1 aliphatic heterocycles. The molecule has 0 bridgehead atoms. The van der Waals surface area contributed by atoms with E-state index in [1.165, 1.54) is 13.2 Å². The summed E-state index contributed by atoms with van der Waals surface area (Å²) in [6.45, 7) is 3.14. The molecule has 0 unspecified atom stereocenters. The molecule has 0 amide bonds. The quantitative estimate of drug-likeness (QED) is 0.922. The summed E-state index contributed by atoms with van der Waals surface area (Å²) >= 11 is 0. The van der Waals surface area contributed by atoms with Gasteiger partial charge in [0.25, 0.3) is 0 Å². The van der Waals surface area contributed by atoms with Crippen molar-refractivity contribution in [2.75, 3.05) is 7.11 Å². The lowest BCUT2D eigenvalue weighted by molar-refractivity contribution is -0.146. The molecule has 0 saturated heterocycles. The molecular weight excluding hydrogens is 280 g/mol. The fourth-order valence-electron chi connectivity index (χ4n) is 2.14. The van der Waals surface area contributed by atoms with E-state index in [9.17, 15) is 18.3 Å². The summed E-state index contributed by atoms with van der Waals surface area (Å²) in [5, 5.41) is 10.3. The number of fused-ring (bicyclic) bond motifs is 1. The van der Waals surface area contributed by atoms with Crippen LogP contribution in [0, 0.1) is 5.41 Å². The van der Waals surface area contributed by atoms with Crippen LogP contribution in [0.2, 0.25) is 0 Å². The van der Waals surface area contributed by atoms with E-state index in [0.29, 0.717) is 16.9 Å². The van der Waals surface area contributed by atoms with Crippen LogP contribution in [0.15, 0.2) is 28.5 Å². The van der Waals surface area contributed by atoms with Crippen molar-refractivity contribution in [1.29, 1.82) is 0 Å². The van der Waals surface area contributed by atoms with Crippen molar-refractivity contribution in [2.45, 2.75) is 25.2 Å². The van der Waals surface area contributed by atoms with Crippen molar-refractivity contribution in [3.05, 3.63) is 29.2 Å². The second-order valence-electron chi connectivity index (χ2n) is 5.42. The molecule has 1 aliphatic rings. The lowest BCUT2D eigenvalue weighted by Gasteiger charge is -2.19. The highest BCUT2D eigenvalue weighted by atomic mass is 32.2. The predicted octanol–water partition coefficient (Wildman–Crippen LogP) is 2.32. The molecule has 5 nitrogen and oxygen atoms in total. The molecule has 0 atom stereocenters. The minimum atomic E-state index is -3.49. The van der Waals surface area contributed by atoms with Crippen LogP contribution >= 0.6 is 0 Å². The fraction of sp³-hybridized carbons (Fsp3) is 0.357. The highest BCUT2D eigenvalue weighted by Crippen LogP contribution is 2.41. The molecule has 6 heteroatoms. The summed E-state index contributed by atoms with van der Waals surface area (Å²) in [4.78, 5) is 11.4. The predicted molar refractivity (Wildman–Crippen MR) is 74.2 cm³/mol. The minimum absolute atomic E-state index is 0.141. The first-order chi connectivity index (χ1) is 9.17. The van der Waals surface area contributed by atoms with Gasteiger partial charge < -0.3 is 9.84 Å². The van der Waals surface area contributed by atoms with Gasteiger partial charge in [-0.15, -0.1) is 0 Å². The maximum atomic E-state index is 12.1. The zero-order chi connectivity index (χ0) is 15.1. The Hall–Kier alpha value is -1.82. The number of ether oxygens (including phenoxy) is 1. The highest BCUT2D eigenvalue weighted by Gasteiger charge is 2.34. The Bertz CT molecular complexity index is 698. The summed E-state index contributed by atoms with van der Waals surface area (Å²) in [5.74, 6) is -0.424. The Morgan fingerprint density at radius 1 is 1.35 bits per heavy atom. The van der Waals surface area contributed by atoms with Gasteiger partial charge in [0.1, 0.15) is 5.75 Å². The van der Waals surface area contributed by atoms with Crippen molar-refractivity contribution in [3.8, 4) is 5.75 Å². The number of carboxylic acid groups (broad SMARTS) is 1. The van der Waals surface area contributed by atoms with E-state index in [-0.39, 0.29) is 11.3 Å². The average molecular weight is 296 g/mol. The molecule has 108 valence electrons. The number of hydrogen-bond acceptors (Lipinski definition) is 4. The van der Waals surface area contributed by atoms with Crippen molar-refractivity contribution >= 4 is 21.4 Å². The summed E-state index contributed by atoms with van der Waals surface area (Å²) in [5.41, 5.74) is -0.00329. The third kappa shape index (κ3) is 2.43. The maximum absolute atomic E-state index is 12.1. The Morgan fingerprint density at radius 2 is 2.00 bits per heavy atom. The third-order valence-corrected chi connectivity index (χ3v) is 4.91. The summed E-state index contributed by atoms with van der Waals surface area (Å²) < 4.78 is 29.2. The normalized spacial score (nSPS) is 16.4. The van der Waals surface area contributed by atoms with E-state index in [1.807, 2.05) is 0 Å². The topological polar surface area (TPSA) is 80.7 Å². The molecule has 1 aromatic rings. The Labute approximate surface area is 117 Å². The number of aliphatic carboxylic acids is 1. The fourth-order valence-corrected chi connectivity index (χ4v) is 3.60. The van der Waals surface area contributed by atoms with E-state index < -0.39 is 21.2 Å². The van der Waals surface area contributed by atoms with Crippen molar-refractivity contribution in [3.63, 3.8) is 0 Å². The van der Waals surface area contributed by atoms with Gasteiger partial charge in [0.15, 0.2) is 0 Å². The second-order valence-corrected chi connectivity index (χ2v) is 7.18. The van der Waals surface area contributed by atoms with Gasteiger partial charge in [-0.3, -0.25) is 4.79 Å². The van der Waals surface area contributed by atoms with Crippen LogP contribution in [0.25, 0.3) is 5.57 Å². The number of carbonyl (C=O) groups is 1. The van der Waals surface area contributed by atoms with Crippen LogP contribution in [0.1, 0.15) is 25.8 Å². The van der Waals surface area contributed by atoms with E-state index in [2.05, 4.69) is 0 Å². The molecule has 0 saturated carbocycles. The molecule has 0 spiro atoms. The summed E-state index contributed by atoms with van der Waals surface area (Å²) in [7, 11) is -1.99. The second kappa shape index (κ2) is 4.63. The van der Waals surface area contributed by atoms with Crippen molar-refractivity contribution in [2.24, 2.45) is 5.41 Å². The number of carboxylic acids is 1. The number of sulfone groups is 1. The summed E-state index contributed by atoms with van der Waals surface area (Å²) in [6.07, 6.45) is 0.141. The summed E-state index contributed by atoms with van der Waals surface area (Å²) in [6, 6.07) is 4.69. The van der Waals surface area contributed by atoms with Gasteiger partial charge in [0.2, 0.25) is 9.84 Å². The zero-order valence-corrected chi connectivity index (χ0v) is 12.3. The van der Waals surface area contributed by atoms with Crippen LogP contribution in [0.5, 0.6) is 5.75 Å². The first-order valence-electron chi connectivity index (χ1n) is 6.05. The lowest BCUT2D eigenvalue weighted by Crippen LogP contribution is -2.23. The molecule has 1 aromatic carbocycles. The van der Waals surface area contributed by atoms with Crippen LogP contribution in [-0.4, -0.2) is 26.6 Å². The molecular formula is C14H16O5S. The van der Waals surface area contributed by atoms with E-state index >= 15 is 0 Å². The van der Waals surface area contributed by atoms with Gasteiger partial charge in [-0.1, -0.05) is 0 Å². The monoisotopic (exact) mass is 296 g/mol. The molecule has 1 heterocycles. The van der Waals surface area contributed by atoms with E-state index in [1.54, 1.807) is 26.0 Å². The number of hydrogen-bond donors (Lipinski definition) is 1. The van der Waals surface area contributed by atoms with Crippen LogP contribution < -0.4 is 4.74 Å². The van der Waals surface area contributed by atoms with Gasteiger partial charge >= 0.3 is 5.97 Å². The Morgan fingerprint density at radius 3 is 2.55 bits per heavy atom. The van der Waals surface area contributed by atoms with Gasteiger partial charge in [-0.2, -0.15) is 0 Å². The average Bonchev–Trinajstić information content (AvgIpc) is 2.59. The van der Waals surface area contributed by atoms with Gasteiger partial charge in [0.05, 0.1) is 17.4 Å². The Balaban J connectivity index is 2.51. The van der Waals surface area contributed by atoms with Gasteiger partial charge in [-0.05, 0) is 44.0 Å². The number of rotatable bonds is 4. The van der Waals surface area contributed by atoms with E-state index in [4.69, 9.17) is 4.74 Å². The number of methoxy groups -OCH3 is 1. The smallest absolute Gasteiger partial charge is 0.309 e. The highest BCUT2D eigenvalue weighted by molar-refractivity contribution is 7.95. The molecule has 2 rings (SSSR count). The zero-order valence-electron chi connectivity index (χ0n) is 11.5. The standard InChI is InChI=1S/C14H16O5S/c1-14(2,13(15)16)7-9-8-20(17,18)12-5-4-10(19-3)6-11(9)12/h4-6,8H,7H2,1-3H3,(H,15,16). The first-order valence-corrected chi connectivity index (χ1v) is 7.59. The van der Waals surface area contributed by atoms with E-state index in [0.717, 1.165) is 5.41 Å². The molecule has 0 radical (unpaired) electrons. The van der Waals surface area contributed by atoms with Gasteiger partial charge in [-0.25, -0.2) is 8.42 Å². The van der Waals surface area contributed by atoms with Crippen LogP contribution in [-0.2, 0) is 14.6 Å². The number of allylic oxidation sites excluding steroid dienone is 1. The van der Waals surface area contributed by atoms with Crippen LogP contribution in [0.4, 0.5) is 0 Å². The van der Waals surface area contributed by atoms with Crippen molar-refractivity contribution < 1.29 is 23.1 Å². The lowest BCUT2D eigenvalue weighted by atomic mass is 9.84. The first kappa shape index (κ1) is 14.6. The molecule has 0 aromatic heterocycles.